The highest BCUT2D eigenvalue weighted by Gasteiger charge is 2.14. The van der Waals surface area contributed by atoms with Gasteiger partial charge < -0.3 is 10.2 Å². The highest BCUT2D eigenvalue weighted by atomic mass is 35.5. The molecule has 0 heterocycles. The number of rotatable bonds is 6. The predicted octanol–water partition coefficient (Wildman–Crippen LogP) is 4.85. The summed E-state index contributed by atoms with van der Waals surface area (Å²) in [6.45, 7) is 5.97. The number of hydrogen-bond acceptors (Lipinski definition) is 2. The standard InChI is InChI=1S/C20H23ClN2O2/c1-14(2)18-6-4-5-7-19(18)22-20(25)12-13-23(15(3)24)17-10-8-16(21)9-11-17/h4-11,14H,12-13H2,1-3H3,(H,22,25). The molecule has 2 rings (SSSR count). The number of carbonyl (C=O) groups excluding carboxylic acids is 2. The average molecular weight is 359 g/mol. The molecule has 2 amide bonds. The summed E-state index contributed by atoms with van der Waals surface area (Å²) in [4.78, 5) is 25.8. The van der Waals surface area contributed by atoms with E-state index in [0.717, 1.165) is 16.9 Å². The van der Waals surface area contributed by atoms with E-state index in [1.165, 1.54) is 6.92 Å². The Bertz CT molecular complexity index is 742. The van der Waals surface area contributed by atoms with Gasteiger partial charge in [0.15, 0.2) is 0 Å². The van der Waals surface area contributed by atoms with E-state index in [1.807, 2.05) is 24.3 Å². The van der Waals surface area contributed by atoms with Gasteiger partial charge in [-0.25, -0.2) is 0 Å². The third kappa shape index (κ3) is 5.33. The first kappa shape index (κ1) is 19.0. The van der Waals surface area contributed by atoms with Crippen LogP contribution in [0.4, 0.5) is 11.4 Å². The first-order valence-corrected chi connectivity index (χ1v) is 8.68. The molecule has 0 unspecified atom stereocenters. The number of anilines is 2. The van der Waals surface area contributed by atoms with Crippen LogP contribution in [0.15, 0.2) is 48.5 Å². The van der Waals surface area contributed by atoms with Gasteiger partial charge in [0.2, 0.25) is 11.8 Å². The Kier molecular flexibility index (Phi) is 6.59. The van der Waals surface area contributed by atoms with Crippen molar-refractivity contribution in [2.45, 2.75) is 33.1 Å². The first-order chi connectivity index (χ1) is 11.9. The fourth-order valence-electron chi connectivity index (χ4n) is 2.63. The van der Waals surface area contributed by atoms with Gasteiger partial charge in [-0.05, 0) is 41.8 Å². The lowest BCUT2D eigenvalue weighted by Gasteiger charge is -2.21. The molecule has 4 nitrogen and oxygen atoms in total. The van der Waals surface area contributed by atoms with Gasteiger partial charge in [0, 0.05) is 36.3 Å². The Balaban J connectivity index is 2.02. The molecule has 0 saturated heterocycles. The molecule has 1 N–H and O–H groups in total. The lowest BCUT2D eigenvalue weighted by Crippen LogP contribution is -2.32. The number of hydrogen-bond donors (Lipinski definition) is 1. The van der Waals surface area contributed by atoms with E-state index in [2.05, 4.69) is 19.2 Å². The van der Waals surface area contributed by atoms with Crippen molar-refractivity contribution in [3.63, 3.8) is 0 Å². The van der Waals surface area contributed by atoms with Crippen LogP contribution in [-0.4, -0.2) is 18.4 Å². The second kappa shape index (κ2) is 8.67. The third-order valence-electron chi connectivity index (χ3n) is 3.94. The Labute approximate surface area is 153 Å². The molecule has 0 radical (unpaired) electrons. The topological polar surface area (TPSA) is 49.4 Å². The summed E-state index contributed by atoms with van der Waals surface area (Å²) in [7, 11) is 0. The van der Waals surface area contributed by atoms with Crippen LogP contribution in [0.2, 0.25) is 5.02 Å². The molecule has 0 aliphatic rings. The van der Waals surface area contributed by atoms with Crippen LogP contribution in [0.3, 0.4) is 0 Å². The molecule has 0 aliphatic carbocycles. The largest absolute Gasteiger partial charge is 0.326 e. The fraction of sp³-hybridized carbons (Fsp3) is 0.300. The van der Waals surface area contributed by atoms with Gasteiger partial charge in [0.25, 0.3) is 0 Å². The molecule has 5 heteroatoms. The van der Waals surface area contributed by atoms with Crippen molar-refractivity contribution in [2.75, 3.05) is 16.8 Å². The summed E-state index contributed by atoms with van der Waals surface area (Å²) in [6, 6.07) is 14.8. The van der Waals surface area contributed by atoms with Crippen molar-refractivity contribution >= 4 is 34.8 Å². The van der Waals surface area contributed by atoms with Crippen LogP contribution in [0, 0.1) is 0 Å². The zero-order valence-corrected chi connectivity index (χ0v) is 15.5. The van der Waals surface area contributed by atoms with Crippen LogP contribution in [-0.2, 0) is 9.59 Å². The number of para-hydroxylation sites is 1. The smallest absolute Gasteiger partial charge is 0.226 e. The molecule has 0 aromatic heterocycles. The minimum absolute atomic E-state index is 0.113. The Hall–Kier alpha value is -2.33. The van der Waals surface area contributed by atoms with Crippen molar-refractivity contribution in [2.24, 2.45) is 0 Å². The first-order valence-electron chi connectivity index (χ1n) is 8.31. The monoisotopic (exact) mass is 358 g/mol. The molecule has 0 spiro atoms. The normalized spacial score (nSPS) is 10.6. The average Bonchev–Trinajstić information content (AvgIpc) is 2.56. The molecule has 0 saturated carbocycles. The number of benzene rings is 2. The molecule has 25 heavy (non-hydrogen) atoms. The summed E-state index contributed by atoms with van der Waals surface area (Å²) in [5.41, 5.74) is 2.65. The maximum Gasteiger partial charge on any atom is 0.226 e. The zero-order chi connectivity index (χ0) is 18.4. The van der Waals surface area contributed by atoms with Crippen molar-refractivity contribution in [1.82, 2.24) is 0 Å². The Morgan fingerprint density at radius 3 is 2.32 bits per heavy atom. The van der Waals surface area contributed by atoms with E-state index >= 15 is 0 Å². The number of nitrogens with one attached hydrogen (secondary N) is 1. The van der Waals surface area contributed by atoms with Gasteiger partial charge in [-0.1, -0.05) is 43.6 Å². The van der Waals surface area contributed by atoms with Gasteiger partial charge in [-0.15, -0.1) is 0 Å². The minimum Gasteiger partial charge on any atom is -0.326 e. The highest BCUT2D eigenvalue weighted by Crippen LogP contribution is 2.24. The SMILES string of the molecule is CC(=O)N(CCC(=O)Nc1ccccc1C(C)C)c1ccc(Cl)cc1. The molecule has 0 atom stereocenters. The molecule has 0 fully saturated rings. The zero-order valence-electron chi connectivity index (χ0n) is 14.8. The summed E-state index contributed by atoms with van der Waals surface area (Å²) in [5, 5.41) is 3.56. The number of carbonyl (C=O) groups is 2. The molecule has 0 bridgehead atoms. The van der Waals surface area contributed by atoms with Gasteiger partial charge in [-0.3, -0.25) is 9.59 Å². The van der Waals surface area contributed by atoms with Crippen LogP contribution in [0.25, 0.3) is 0 Å². The minimum atomic E-state index is -0.117. The van der Waals surface area contributed by atoms with E-state index in [9.17, 15) is 9.59 Å². The van der Waals surface area contributed by atoms with Gasteiger partial charge >= 0.3 is 0 Å². The Morgan fingerprint density at radius 2 is 1.72 bits per heavy atom. The van der Waals surface area contributed by atoms with E-state index in [4.69, 9.17) is 11.6 Å². The molecular formula is C20H23ClN2O2. The quantitative estimate of drug-likeness (QED) is 0.802. The van der Waals surface area contributed by atoms with Crippen LogP contribution < -0.4 is 10.2 Å². The Morgan fingerprint density at radius 1 is 1.08 bits per heavy atom. The van der Waals surface area contributed by atoms with Gasteiger partial charge in [0.1, 0.15) is 0 Å². The van der Waals surface area contributed by atoms with E-state index in [0.29, 0.717) is 17.5 Å². The molecule has 0 aliphatic heterocycles. The molecule has 2 aromatic rings. The van der Waals surface area contributed by atoms with Crippen LogP contribution in [0.5, 0.6) is 0 Å². The van der Waals surface area contributed by atoms with Crippen molar-refractivity contribution in [3.8, 4) is 0 Å². The number of halogens is 1. The van der Waals surface area contributed by atoms with Crippen molar-refractivity contribution in [1.29, 1.82) is 0 Å². The summed E-state index contributed by atoms with van der Waals surface area (Å²) in [6.07, 6.45) is 0.217. The summed E-state index contributed by atoms with van der Waals surface area (Å²) >= 11 is 5.89. The van der Waals surface area contributed by atoms with E-state index < -0.39 is 0 Å². The van der Waals surface area contributed by atoms with Crippen LogP contribution >= 0.6 is 11.6 Å². The summed E-state index contributed by atoms with van der Waals surface area (Å²) < 4.78 is 0. The second-order valence-corrected chi connectivity index (χ2v) is 6.62. The maximum atomic E-state index is 12.3. The van der Waals surface area contributed by atoms with Gasteiger partial charge in [0.05, 0.1) is 0 Å². The second-order valence-electron chi connectivity index (χ2n) is 6.19. The maximum absolute atomic E-state index is 12.3. The third-order valence-corrected chi connectivity index (χ3v) is 4.19. The van der Waals surface area contributed by atoms with E-state index in [1.54, 1.807) is 29.2 Å². The lowest BCUT2D eigenvalue weighted by molar-refractivity contribution is -0.117. The van der Waals surface area contributed by atoms with Crippen molar-refractivity contribution in [3.05, 3.63) is 59.1 Å². The van der Waals surface area contributed by atoms with Crippen molar-refractivity contribution < 1.29 is 9.59 Å². The summed E-state index contributed by atoms with van der Waals surface area (Å²) in [5.74, 6) is 0.0882. The predicted molar refractivity (Wildman–Crippen MR) is 103 cm³/mol. The molecular weight excluding hydrogens is 336 g/mol. The van der Waals surface area contributed by atoms with Crippen LogP contribution in [0.1, 0.15) is 38.7 Å². The number of nitrogens with zero attached hydrogens (tertiary/aromatic N) is 1. The highest BCUT2D eigenvalue weighted by molar-refractivity contribution is 6.30. The molecule has 132 valence electrons. The van der Waals surface area contributed by atoms with Gasteiger partial charge in [-0.2, -0.15) is 0 Å². The lowest BCUT2D eigenvalue weighted by atomic mass is 10.0. The molecule has 2 aromatic carbocycles. The number of amides is 2. The fourth-order valence-corrected chi connectivity index (χ4v) is 2.76. The van der Waals surface area contributed by atoms with E-state index in [-0.39, 0.29) is 18.2 Å².